The van der Waals surface area contributed by atoms with E-state index in [4.69, 9.17) is 4.42 Å². The van der Waals surface area contributed by atoms with Crippen LogP contribution in [0.15, 0.2) is 59.0 Å². The quantitative estimate of drug-likeness (QED) is 0.376. The lowest BCUT2D eigenvalue weighted by atomic mass is 9.81. The Kier molecular flexibility index (Phi) is 2.28. The summed E-state index contributed by atoms with van der Waals surface area (Å²) in [5.41, 5.74) is 8.82. The van der Waals surface area contributed by atoms with E-state index in [0.29, 0.717) is 0 Å². The minimum absolute atomic E-state index is 0.0310. The third-order valence-electron chi connectivity index (χ3n) is 5.45. The monoisotopic (exact) mass is 298 g/mol. The molecule has 112 valence electrons. The van der Waals surface area contributed by atoms with E-state index < -0.39 is 0 Å². The van der Waals surface area contributed by atoms with Gasteiger partial charge in [-0.15, -0.1) is 0 Å². The second-order valence-corrected chi connectivity index (χ2v) is 7.07. The maximum atomic E-state index is 6.19. The molecule has 0 bridgehead atoms. The van der Waals surface area contributed by atoms with E-state index in [1.807, 2.05) is 6.07 Å². The maximum absolute atomic E-state index is 6.19. The molecule has 5 rings (SSSR count). The maximum Gasteiger partial charge on any atom is 0.138 e. The van der Waals surface area contributed by atoms with Crippen LogP contribution in [-0.4, -0.2) is 0 Å². The lowest BCUT2D eigenvalue weighted by Crippen LogP contribution is -2.14. The van der Waals surface area contributed by atoms with Crippen molar-refractivity contribution in [2.24, 2.45) is 0 Å². The fraction of sp³-hybridized carbons (Fsp3) is 0.182. The molecular weight excluding hydrogens is 280 g/mol. The lowest BCUT2D eigenvalue weighted by molar-refractivity contribution is 0.656. The van der Waals surface area contributed by atoms with Gasteiger partial charge < -0.3 is 4.42 Å². The highest BCUT2D eigenvalue weighted by molar-refractivity contribution is 6.09. The van der Waals surface area contributed by atoms with Crippen LogP contribution < -0.4 is 0 Å². The van der Waals surface area contributed by atoms with Gasteiger partial charge in [0, 0.05) is 21.8 Å². The fourth-order valence-corrected chi connectivity index (χ4v) is 4.25. The SMILES string of the molecule is Cc1c2c(cc3c1oc1ccccc13)C(C)(C)c1ccccc1-2. The number of hydrogen-bond acceptors (Lipinski definition) is 1. The molecule has 1 aromatic heterocycles. The van der Waals surface area contributed by atoms with Gasteiger partial charge in [-0.05, 0) is 41.3 Å². The Balaban J connectivity index is 2.00. The zero-order valence-corrected chi connectivity index (χ0v) is 13.6. The first-order valence-electron chi connectivity index (χ1n) is 8.14. The first-order valence-corrected chi connectivity index (χ1v) is 8.14. The highest BCUT2D eigenvalue weighted by Gasteiger charge is 2.37. The summed E-state index contributed by atoms with van der Waals surface area (Å²) in [4.78, 5) is 0. The van der Waals surface area contributed by atoms with Gasteiger partial charge in [-0.1, -0.05) is 56.3 Å². The molecule has 4 aromatic rings. The Bertz CT molecular complexity index is 1100. The van der Waals surface area contributed by atoms with Gasteiger partial charge in [0.05, 0.1) is 0 Å². The third kappa shape index (κ3) is 1.47. The molecule has 0 unspecified atom stereocenters. The molecular formula is C22H18O. The van der Waals surface area contributed by atoms with Crippen LogP contribution in [0.2, 0.25) is 0 Å². The van der Waals surface area contributed by atoms with Crippen LogP contribution >= 0.6 is 0 Å². The number of fused-ring (bicyclic) bond motifs is 6. The normalized spacial score (nSPS) is 15.1. The summed E-state index contributed by atoms with van der Waals surface area (Å²) in [6, 6.07) is 19.4. The molecule has 0 fully saturated rings. The molecule has 1 aliphatic carbocycles. The predicted molar refractivity (Wildman–Crippen MR) is 96.0 cm³/mol. The van der Waals surface area contributed by atoms with Crippen molar-refractivity contribution in [2.75, 3.05) is 0 Å². The first kappa shape index (κ1) is 13.0. The first-order chi connectivity index (χ1) is 11.1. The van der Waals surface area contributed by atoms with Crippen molar-refractivity contribution in [2.45, 2.75) is 26.2 Å². The number of benzene rings is 3. The van der Waals surface area contributed by atoms with Gasteiger partial charge in [-0.3, -0.25) is 0 Å². The van der Waals surface area contributed by atoms with Crippen molar-refractivity contribution < 1.29 is 4.42 Å². The fourth-order valence-electron chi connectivity index (χ4n) is 4.25. The molecule has 0 amide bonds. The zero-order chi connectivity index (χ0) is 15.8. The summed E-state index contributed by atoms with van der Waals surface area (Å²) in [6.07, 6.45) is 0. The largest absolute Gasteiger partial charge is 0.456 e. The van der Waals surface area contributed by atoms with E-state index >= 15 is 0 Å². The van der Waals surface area contributed by atoms with E-state index in [2.05, 4.69) is 69.3 Å². The summed E-state index contributed by atoms with van der Waals surface area (Å²) in [6.45, 7) is 6.85. The molecule has 1 nitrogen and oxygen atoms in total. The van der Waals surface area contributed by atoms with Crippen LogP contribution in [0.5, 0.6) is 0 Å². The molecule has 1 heteroatoms. The Hall–Kier alpha value is -2.54. The van der Waals surface area contributed by atoms with Crippen molar-refractivity contribution >= 4 is 21.9 Å². The molecule has 1 heterocycles. The molecule has 0 spiro atoms. The third-order valence-corrected chi connectivity index (χ3v) is 5.45. The second kappa shape index (κ2) is 4.05. The molecule has 0 saturated carbocycles. The summed E-state index contributed by atoms with van der Waals surface area (Å²) in [5.74, 6) is 0. The van der Waals surface area contributed by atoms with Crippen molar-refractivity contribution in [3.8, 4) is 11.1 Å². The van der Waals surface area contributed by atoms with E-state index in [1.165, 1.54) is 38.6 Å². The van der Waals surface area contributed by atoms with Crippen molar-refractivity contribution in [3.63, 3.8) is 0 Å². The zero-order valence-electron chi connectivity index (χ0n) is 13.6. The summed E-state index contributed by atoms with van der Waals surface area (Å²) < 4.78 is 6.19. The minimum Gasteiger partial charge on any atom is -0.456 e. The molecule has 0 atom stereocenters. The van der Waals surface area contributed by atoms with Gasteiger partial charge in [0.1, 0.15) is 11.2 Å². The Morgan fingerprint density at radius 3 is 2.43 bits per heavy atom. The van der Waals surface area contributed by atoms with Crippen LogP contribution in [0.3, 0.4) is 0 Å². The smallest absolute Gasteiger partial charge is 0.138 e. The van der Waals surface area contributed by atoms with Crippen LogP contribution in [-0.2, 0) is 5.41 Å². The molecule has 0 aliphatic heterocycles. The van der Waals surface area contributed by atoms with E-state index in [0.717, 1.165) is 11.2 Å². The summed E-state index contributed by atoms with van der Waals surface area (Å²) >= 11 is 0. The van der Waals surface area contributed by atoms with Gasteiger partial charge >= 0.3 is 0 Å². The van der Waals surface area contributed by atoms with Crippen LogP contribution in [0.25, 0.3) is 33.1 Å². The molecule has 0 N–H and O–H groups in total. The number of furan rings is 1. The standard InChI is InChI=1S/C22H18O/c1-13-20-15-9-4-6-10-17(15)22(2,3)18(20)12-16-14-8-5-7-11-19(14)23-21(13)16/h4-12H,1-3H3. The lowest BCUT2D eigenvalue weighted by Gasteiger charge is -2.21. The van der Waals surface area contributed by atoms with Gasteiger partial charge in [-0.25, -0.2) is 0 Å². The van der Waals surface area contributed by atoms with Crippen molar-refractivity contribution in [3.05, 3.63) is 71.3 Å². The summed E-state index contributed by atoms with van der Waals surface area (Å²) in [7, 11) is 0. The van der Waals surface area contributed by atoms with Crippen LogP contribution in [0.4, 0.5) is 0 Å². The Labute approximate surface area is 135 Å². The van der Waals surface area contributed by atoms with Crippen LogP contribution in [0, 0.1) is 6.92 Å². The molecule has 3 aromatic carbocycles. The number of para-hydroxylation sites is 1. The van der Waals surface area contributed by atoms with Gasteiger partial charge in [0.25, 0.3) is 0 Å². The number of aryl methyl sites for hydroxylation is 1. The van der Waals surface area contributed by atoms with E-state index in [-0.39, 0.29) is 5.41 Å². The topological polar surface area (TPSA) is 13.1 Å². The number of hydrogen-bond donors (Lipinski definition) is 0. The minimum atomic E-state index is 0.0310. The second-order valence-electron chi connectivity index (χ2n) is 7.07. The van der Waals surface area contributed by atoms with Gasteiger partial charge in [0.15, 0.2) is 0 Å². The summed E-state index contributed by atoms with van der Waals surface area (Å²) in [5, 5.41) is 2.44. The molecule has 23 heavy (non-hydrogen) atoms. The predicted octanol–water partition coefficient (Wildman–Crippen LogP) is 6.20. The average Bonchev–Trinajstić information content (AvgIpc) is 3.04. The molecule has 0 saturated heterocycles. The Morgan fingerprint density at radius 2 is 1.57 bits per heavy atom. The van der Waals surface area contributed by atoms with Crippen molar-refractivity contribution in [1.29, 1.82) is 0 Å². The van der Waals surface area contributed by atoms with Crippen molar-refractivity contribution in [1.82, 2.24) is 0 Å². The number of rotatable bonds is 0. The molecule has 0 radical (unpaired) electrons. The average molecular weight is 298 g/mol. The van der Waals surface area contributed by atoms with Crippen LogP contribution in [0.1, 0.15) is 30.5 Å². The van der Waals surface area contributed by atoms with Gasteiger partial charge in [0.2, 0.25) is 0 Å². The highest BCUT2D eigenvalue weighted by Crippen LogP contribution is 2.52. The highest BCUT2D eigenvalue weighted by atomic mass is 16.3. The van der Waals surface area contributed by atoms with E-state index in [1.54, 1.807) is 0 Å². The van der Waals surface area contributed by atoms with Gasteiger partial charge in [-0.2, -0.15) is 0 Å². The Morgan fingerprint density at radius 1 is 0.826 bits per heavy atom. The molecule has 1 aliphatic rings. The van der Waals surface area contributed by atoms with E-state index in [9.17, 15) is 0 Å².